The number of hydrogen-bond acceptors (Lipinski definition) is 3. The van der Waals surface area contributed by atoms with Crippen molar-refractivity contribution in [3.05, 3.63) is 66.0 Å². The van der Waals surface area contributed by atoms with Gasteiger partial charge in [-0.2, -0.15) is 0 Å². The number of aromatic nitrogens is 1. The predicted molar refractivity (Wildman–Crippen MR) is 73.5 cm³/mol. The topological polar surface area (TPSA) is 39.2 Å². The van der Waals surface area contributed by atoms with E-state index >= 15 is 0 Å². The number of ether oxygens (including phenoxy) is 1. The molecule has 0 amide bonds. The maximum absolute atomic E-state index is 11.8. The smallest absolute Gasteiger partial charge is 0.306 e. The van der Waals surface area contributed by atoms with Crippen molar-refractivity contribution in [2.24, 2.45) is 0 Å². The molecule has 0 saturated heterocycles. The molecule has 0 bridgehead atoms. The highest BCUT2D eigenvalue weighted by atomic mass is 16.5. The summed E-state index contributed by atoms with van der Waals surface area (Å²) >= 11 is 0. The van der Waals surface area contributed by atoms with Crippen molar-refractivity contribution < 1.29 is 9.53 Å². The summed E-state index contributed by atoms with van der Waals surface area (Å²) in [7, 11) is 0. The molecule has 0 spiro atoms. The lowest BCUT2D eigenvalue weighted by atomic mass is 9.99. The molecular weight excluding hydrogens is 238 g/mol. The van der Waals surface area contributed by atoms with Gasteiger partial charge in [-0.25, -0.2) is 0 Å². The summed E-state index contributed by atoms with van der Waals surface area (Å²) < 4.78 is 5.27. The summed E-state index contributed by atoms with van der Waals surface area (Å²) in [6, 6.07) is 13.5. The van der Waals surface area contributed by atoms with Gasteiger partial charge in [-0.3, -0.25) is 9.78 Å². The van der Waals surface area contributed by atoms with Crippen molar-refractivity contribution in [2.45, 2.75) is 25.9 Å². The Bertz CT molecular complexity index is 511. The molecule has 0 aliphatic carbocycles. The second-order valence-corrected chi connectivity index (χ2v) is 4.53. The number of esters is 1. The first-order valence-electron chi connectivity index (χ1n) is 6.35. The lowest BCUT2D eigenvalue weighted by Crippen LogP contribution is -2.08. The highest BCUT2D eigenvalue weighted by Gasteiger charge is 2.12. The third-order valence-electron chi connectivity index (χ3n) is 2.99. The molecule has 2 aromatic rings. The van der Waals surface area contributed by atoms with E-state index in [4.69, 9.17) is 4.74 Å². The molecule has 0 fully saturated rings. The second kappa shape index (κ2) is 6.69. The number of nitrogens with zero attached hydrogens (tertiary/aromatic N) is 1. The van der Waals surface area contributed by atoms with Gasteiger partial charge in [0.15, 0.2) is 0 Å². The van der Waals surface area contributed by atoms with Crippen molar-refractivity contribution >= 4 is 5.97 Å². The van der Waals surface area contributed by atoms with Crippen LogP contribution in [0.25, 0.3) is 0 Å². The number of carbonyl (C=O) groups excluding carboxylic acids is 1. The fraction of sp³-hybridized carbons (Fsp3) is 0.250. The van der Waals surface area contributed by atoms with Crippen LogP contribution in [0, 0.1) is 0 Å². The third-order valence-corrected chi connectivity index (χ3v) is 2.99. The summed E-state index contributed by atoms with van der Waals surface area (Å²) in [6.07, 6.45) is 3.86. The van der Waals surface area contributed by atoms with Gasteiger partial charge in [0.05, 0.1) is 6.42 Å². The van der Waals surface area contributed by atoms with Gasteiger partial charge in [-0.15, -0.1) is 0 Å². The van der Waals surface area contributed by atoms with E-state index in [2.05, 4.69) is 4.98 Å². The zero-order chi connectivity index (χ0) is 13.5. The minimum absolute atomic E-state index is 0.145. The summed E-state index contributed by atoms with van der Waals surface area (Å²) in [5.74, 6) is -0.0283. The first kappa shape index (κ1) is 13.3. The zero-order valence-electron chi connectivity index (χ0n) is 11.0. The Morgan fingerprint density at radius 2 is 1.84 bits per heavy atom. The van der Waals surface area contributed by atoms with Crippen molar-refractivity contribution in [3.8, 4) is 0 Å². The Labute approximate surface area is 113 Å². The van der Waals surface area contributed by atoms with E-state index in [0.717, 1.165) is 11.1 Å². The Kier molecular flexibility index (Phi) is 4.67. The molecule has 0 aliphatic heterocycles. The van der Waals surface area contributed by atoms with Gasteiger partial charge in [-0.1, -0.05) is 37.3 Å². The first-order chi connectivity index (χ1) is 9.25. The Hall–Kier alpha value is -2.16. The molecule has 1 aromatic heterocycles. The van der Waals surface area contributed by atoms with Crippen LogP contribution in [-0.4, -0.2) is 11.0 Å². The number of pyridine rings is 1. The van der Waals surface area contributed by atoms with Gasteiger partial charge in [0, 0.05) is 12.4 Å². The molecule has 0 radical (unpaired) electrons. The molecule has 19 heavy (non-hydrogen) atoms. The number of carbonyl (C=O) groups is 1. The van der Waals surface area contributed by atoms with Gasteiger partial charge in [0.25, 0.3) is 0 Å². The summed E-state index contributed by atoms with van der Waals surface area (Å²) in [5.41, 5.74) is 2.11. The van der Waals surface area contributed by atoms with E-state index < -0.39 is 0 Å². The predicted octanol–water partition coefficient (Wildman–Crippen LogP) is 3.32. The van der Waals surface area contributed by atoms with Gasteiger partial charge in [-0.05, 0) is 29.2 Å². The Morgan fingerprint density at radius 1 is 1.16 bits per heavy atom. The van der Waals surface area contributed by atoms with Gasteiger partial charge in [0.1, 0.15) is 6.61 Å². The fourth-order valence-corrected chi connectivity index (χ4v) is 1.86. The number of hydrogen-bond donors (Lipinski definition) is 0. The second-order valence-electron chi connectivity index (χ2n) is 4.53. The molecule has 0 N–H and O–H groups in total. The molecule has 2 rings (SSSR count). The normalized spacial score (nSPS) is 11.8. The molecule has 0 saturated carbocycles. The van der Waals surface area contributed by atoms with Crippen molar-refractivity contribution in [3.63, 3.8) is 0 Å². The van der Waals surface area contributed by atoms with Crippen LogP contribution in [-0.2, 0) is 16.1 Å². The highest BCUT2D eigenvalue weighted by molar-refractivity contribution is 5.70. The molecule has 0 aliphatic rings. The molecular formula is C16H17NO2. The standard InChI is InChI=1S/C16H17NO2/c1-13(15-7-9-17-10-8-15)11-16(18)19-12-14-5-3-2-4-6-14/h2-10,13H,11-12H2,1H3/t13-/m1/s1. The summed E-state index contributed by atoms with van der Waals surface area (Å²) in [6.45, 7) is 2.35. The van der Waals surface area contributed by atoms with Gasteiger partial charge >= 0.3 is 5.97 Å². The molecule has 98 valence electrons. The molecule has 3 nitrogen and oxygen atoms in total. The average molecular weight is 255 g/mol. The van der Waals surface area contributed by atoms with Crippen LogP contribution in [0.2, 0.25) is 0 Å². The Morgan fingerprint density at radius 3 is 2.53 bits per heavy atom. The van der Waals surface area contributed by atoms with Gasteiger partial charge < -0.3 is 4.74 Å². The van der Waals surface area contributed by atoms with Crippen molar-refractivity contribution in [1.29, 1.82) is 0 Å². The van der Waals surface area contributed by atoms with Crippen molar-refractivity contribution in [1.82, 2.24) is 4.98 Å². The SMILES string of the molecule is C[C@H](CC(=O)OCc1ccccc1)c1ccncc1. The minimum atomic E-state index is -0.173. The summed E-state index contributed by atoms with van der Waals surface area (Å²) in [4.78, 5) is 15.7. The van der Waals surface area contributed by atoms with Crippen LogP contribution < -0.4 is 0 Å². The third kappa shape index (κ3) is 4.21. The van der Waals surface area contributed by atoms with Gasteiger partial charge in [0.2, 0.25) is 0 Å². The van der Waals surface area contributed by atoms with E-state index in [1.807, 2.05) is 49.4 Å². The number of rotatable bonds is 5. The quantitative estimate of drug-likeness (QED) is 0.769. The van der Waals surface area contributed by atoms with Crippen LogP contribution in [0.3, 0.4) is 0 Å². The van der Waals surface area contributed by atoms with Crippen LogP contribution in [0.4, 0.5) is 0 Å². The van der Waals surface area contributed by atoms with Crippen LogP contribution in [0.15, 0.2) is 54.9 Å². The molecule has 3 heteroatoms. The lowest BCUT2D eigenvalue weighted by Gasteiger charge is -2.11. The van der Waals surface area contributed by atoms with Crippen molar-refractivity contribution in [2.75, 3.05) is 0 Å². The van der Waals surface area contributed by atoms with Crippen LogP contribution in [0.5, 0.6) is 0 Å². The average Bonchev–Trinajstić information content (AvgIpc) is 2.47. The van der Waals surface area contributed by atoms with Crippen LogP contribution in [0.1, 0.15) is 30.4 Å². The monoisotopic (exact) mass is 255 g/mol. The minimum Gasteiger partial charge on any atom is -0.461 e. The molecule has 1 aromatic carbocycles. The summed E-state index contributed by atoms with van der Waals surface area (Å²) in [5, 5.41) is 0. The lowest BCUT2D eigenvalue weighted by molar-refractivity contribution is -0.145. The number of benzene rings is 1. The van der Waals surface area contributed by atoms with Crippen LogP contribution >= 0.6 is 0 Å². The van der Waals surface area contributed by atoms with E-state index in [1.165, 1.54) is 0 Å². The maximum Gasteiger partial charge on any atom is 0.306 e. The van der Waals surface area contributed by atoms with E-state index in [9.17, 15) is 4.79 Å². The fourth-order valence-electron chi connectivity index (χ4n) is 1.86. The molecule has 1 atom stereocenters. The molecule has 1 heterocycles. The highest BCUT2D eigenvalue weighted by Crippen LogP contribution is 2.18. The van der Waals surface area contributed by atoms with E-state index in [1.54, 1.807) is 12.4 Å². The maximum atomic E-state index is 11.8. The zero-order valence-corrected chi connectivity index (χ0v) is 11.0. The van der Waals surface area contributed by atoms with E-state index in [-0.39, 0.29) is 11.9 Å². The molecule has 0 unspecified atom stereocenters. The largest absolute Gasteiger partial charge is 0.461 e. The van der Waals surface area contributed by atoms with E-state index in [0.29, 0.717) is 13.0 Å². The Balaban J connectivity index is 1.82. The first-order valence-corrected chi connectivity index (χ1v) is 6.35.